The van der Waals surface area contributed by atoms with Gasteiger partial charge in [0.15, 0.2) is 37.7 Å². The molecule has 0 aromatic rings. The van der Waals surface area contributed by atoms with Crippen LogP contribution in [0.1, 0.15) is 27.2 Å². The normalized spacial score (nSPS) is 47.2. The van der Waals surface area contributed by atoms with Gasteiger partial charge in [-0.05, 0) is 0 Å². The summed E-state index contributed by atoms with van der Waals surface area (Å²) in [6.07, 6.45) is -67.0. The number of hydrogen-bond donors (Lipinski definition) is 25. The van der Waals surface area contributed by atoms with Gasteiger partial charge in [-0.15, -0.1) is 0 Å². The van der Waals surface area contributed by atoms with Crippen LogP contribution in [0.15, 0.2) is 0 Å². The minimum absolute atomic E-state index is 0.822. The van der Waals surface area contributed by atoms with Gasteiger partial charge in [0, 0.05) is 27.2 Å². The number of aliphatic hydroxyl groups is 21. The first-order chi connectivity index (χ1) is 43.8. The number of hydrogen-bond acceptors (Lipinski definition) is 38. The van der Waals surface area contributed by atoms with Gasteiger partial charge in [-0.3, -0.25) is 14.4 Å². The van der Waals surface area contributed by atoms with Gasteiger partial charge in [-0.1, -0.05) is 0 Å². The monoisotopic (exact) mass is 1360 g/mol. The molecule has 1 unspecified atom stereocenters. The van der Waals surface area contributed by atoms with Gasteiger partial charge in [0.1, 0.15) is 165 Å². The maximum atomic E-state index is 13.1. The Labute approximate surface area is 525 Å². The van der Waals surface area contributed by atoms with Crippen LogP contribution in [-0.2, 0) is 80.8 Å². The van der Waals surface area contributed by atoms with E-state index < -0.39 is 297 Å². The Morgan fingerprint density at radius 3 is 1.41 bits per heavy atom. The van der Waals surface area contributed by atoms with Crippen LogP contribution in [0.2, 0.25) is 0 Å². The van der Waals surface area contributed by atoms with E-state index in [1.165, 1.54) is 0 Å². The summed E-state index contributed by atoms with van der Waals surface area (Å²) in [6, 6.07) is -5.39. The van der Waals surface area contributed by atoms with E-state index in [1.807, 2.05) is 0 Å². The zero-order valence-corrected chi connectivity index (χ0v) is 49.6. The van der Waals surface area contributed by atoms with E-state index in [0.29, 0.717) is 0 Å². The van der Waals surface area contributed by atoms with Crippen LogP contribution in [0.5, 0.6) is 0 Å². The third-order valence-corrected chi connectivity index (χ3v) is 16.7. The molecule has 7 fully saturated rings. The highest BCUT2D eigenvalue weighted by molar-refractivity contribution is 5.77. The number of carbonyl (C=O) groups excluding carboxylic acids is 3. The fourth-order valence-electron chi connectivity index (χ4n) is 11.7. The van der Waals surface area contributed by atoms with Crippen molar-refractivity contribution < 1.29 is 193 Å². The summed E-state index contributed by atoms with van der Waals surface area (Å²) in [5.74, 6) is -7.76. The summed E-state index contributed by atoms with van der Waals surface area (Å²) in [5.41, 5.74) is 0. The molecule has 42 heteroatoms. The number of carboxylic acids is 1. The SMILES string of the molecule is CC(=O)N[C@H]1[C@H](OC[C@H]2O[C@@H](O[C@H]3[C@H](O)[C@@H](O)C(O)O[C@@H]3CO)[C@H](O)[C@@H](O[C@@H]3O[C@H](CO)[C@@H](O)[C@H](O[C@@H]4O[C@H](CO[C@]5(C(=O)O)C[C@H](O)[C@@H](NC(C)=O)[C@H]([C@H](O)[C@H](O)CO)O5)[C@H](O)[C@H](O)[C@H]4O)[C@H]3NC(C)=O)[C@H]2O)O[C@H](CO)[C@@H](O[C@@H]2O[C@H](CO)[C@H](O)[C@H](O)[C@H]2O)[C@@H]1O. The lowest BCUT2D eigenvalue weighted by Gasteiger charge is -2.50. The highest BCUT2D eigenvalue weighted by Crippen LogP contribution is 2.39. The van der Waals surface area contributed by atoms with Crippen LogP contribution in [0.4, 0.5) is 0 Å². The van der Waals surface area contributed by atoms with Crippen molar-refractivity contribution in [2.24, 2.45) is 0 Å². The molecule has 3 amide bonds. The standard InChI is InChI=1S/C51H85N3O39/c1-12(60)52-23-15(63)4-51(50(79)80,93-42(23)26(65)16(64)5-55)82-11-22-28(67)33(72)37(76)48(88-22)91-41-25(54-14(3)62)46(84-18(7-57)29(41)68)92-43-30(69)21(87-49(38(43)77)90-40-19(8-58)83-44(78)35(74)34(40)73)10-81-45-24(53-13(2)61)31(70)39(20(9-59)86-45)89-47-36(75)32(71)27(66)17(6-56)85-47/h15-49,55-59,63-78H,4-11H2,1-3H3,(H,52,60)(H,53,61)(H,54,62)(H,79,80)/t15-,16+,17+,18+,19+,20+,21+,22+,23+,24+,25+,26+,27-,28-,29+,30-,31+,32-,33-,34+,35+,36+,37+,38+,39+,40+,41+,42+,43-,44?,45+,46-,47-,48-,49-,51+/m0/s1. The average molecular weight is 1360 g/mol. The Hall–Kier alpha value is -3.48. The molecule has 0 aliphatic carbocycles. The molecule has 0 saturated carbocycles. The molecule has 93 heavy (non-hydrogen) atoms. The lowest BCUT2D eigenvalue weighted by molar-refractivity contribution is -0.384. The van der Waals surface area contributed by atoms with Crippen LogP contribution < -0.4 is 16.0 Å². The number of carboxylic acid groups (broad SMARTS) is 1. The Kier molecular flexibility index (Phi) is 27.2. The quantitative estimate of drug-likeness (QED) is 0.0404. The number of aliphatic carboxylic acids is 1. The van der Waals surface area contributed by atoms with Crippen molar-refractivity contribution in [3.05, 3.63) is 0 Å². The molecule has 7 aliphatic rings. The van der Waals surface area contributed by atoms with Crippen LogP contribution in [0, 0.1) is 0 Å². The van der Waals surface area contributed by atoms with E-state index in [9.17, 15) is 132 Å². The minimum atomic E-state index is -3.06. The van der Waals surface area contributed by atoms with Gasteiger partial charge in [0.25, 0.3) is 5.79 Å². The molecule has 36 atom stereocenters. The van der Waals surface area contributed by atoms with Crippen molar-refractivity contribution >= 4 is 23.7 Å². The first kappa shape index (κ1) is 76.9. The molecule has 7 rings (SSSR count). The predicted octanol–water partition coefficient (Wildman–Crippen LogP) is -16.6. The largest absolute Gasteiger partial charge is 0.477 e. The summed E-state index contributed by atoms with van der Waals surface area (Å²) in [5, 5.41) is 245. The molecular weight excluding hydrogens is 1280 g/mol. The molecule has 0 radical (unpaired) electrons. The molecule has 42 nitrogen and oxygen atoms in total. The minimum Gasteiger partial charge on any atom is -0.477 e. The zero-order chi connectivity index (χ0) is 69.0. The van der Waals surface area contributed by atoms with Crippen molar-refractivity contribution in [3.63, 3.8) is 0 Å². The number of amides is 3. The third-order valence-electron chi connectivity index (χ3n) is 16.7. The number of nitrogens with one attached hydrogen (secondary N) is 3. The van der Waals surface area contributed by atoms with Crippen molar-refractivity contribution in [1.82, 2.24) is 16.0 Å². The second-order valence-corrected chi connectivity index (χ2v) is 23.3. The number of aliphatic hydroxyl groups excluding tert-OH is 21. The molecule has 0 aromatic carbocycles. The molecule has 7 saturated heterocycles. The number of rotatable bonds is 25. The van der Waals surface area contributed by atoms with Gasteiger partial charge < -0.3 is 190 Å². The summed E-state index contributed by atoms with van der Waals surface area (Å²) in [7, 11) is 0. The van der Waals surface area contributed by atoms with E-state index in [-0.39, 0.29) is 0 Å². The molecule has 0 bridgehead atoms. The highest BCUT2D eigenvalue weighted by atomic mass is 16.8. The van der Waals surface area contributed by atoms with Gasteiger partial charge in [-0.25, -0.2) is 4.79 Å². The van der Waals surface area contributed by atoms with Gasteiger partial charge in [-0.2, -0.15) is 0 Å². The van der Waals surface area contributed by atoms with E-state index in [1.54, 1.807) is 0 Å². The Morgan fingerprint density at radius 2 is 0.871 bits per heavy atom. The van der Waals surface area contributed by atoms with Crippen LogP contribution in [-0.4, -0.2) is 403 Å². The van der Waals surface area contributed by atoms with E-state index >= 15 is 0 Å². The van der Waals surface area contributed by atoms with Crippen LogP contribution in [0.3, 0.4) is 0 Å². The highest BCUT2D eigenvalue weighted by Gasteiger charge is 2.60. The first-order valence-corrected chi connectivity index (χ1v) is 29.2. The molecule has 538 valence electrons. The van der Waals surface area contributed by atoms with Crippen LogP contribution >= 0.6 is 0 Å². The molecular formula is C51H85N3O39. The van der Waals surface area contributed by atoms with Gasteiger partial charge in [0.2, 0.25) is 17.7 Å². The van der Waals surface area contributed by atoms with Crippen molar-refractivity contribution in [3.8, 4) is 0 Å². The molecule has 0 aromatic heterocycles. The number of ether oxygens (including phenoxy) is 13. The maximum Gasteiger partial charge on any atom is 0.364 e. The van der Waals surface area contributed by atoms with Crippen molar-refractivity contribution in [1.29, 1.82) is 0 Å². The molecule has 25 N–H and O–H groups in total. The molecule has 7 aliphatic heterocycles. The Morgan fingerprint density at radius 1 is 0.441 bits per heavy atom. The zero-order valence-electron chi connectivity index (χ0n) is 49.6. The topological polar surface area (TPSA) is 669 Å². The first-order valence-electron chi connectivity index (χ1n) is 29.2. The summed E-state index contributed by atoms with van der Waals surface area (Å²) in [6.45, 7) is -4.61. The summed E-state index contributed by atoms with van der Waals surface area (Å²) < 4.78 is 74.9. The van der Waals surface area contributed by atoms with Gasteiger partial charge in [0.05, 0.1) is 58.4 Å². The third kappa shape index (κ3) is 17.0. The average Bonchev–Trinajstić information content (AvgIpc) is 0.792. The smallest absolute Gasteiger partial charge is 0.364 e. The summed E-state index contributed by atoms with van der Waals surface area (Å²) in [4.78, 5) is 50.7. The lowest BCUT2D eigenvalue weighted by atomic mass is 9.88. The van der Waals surface area contributed by atoms with Gasteiger partial charge >= 0.3 is 5.97 Å². The van der Waals surface area contributed by atoms with E-state index in [0.717, 1.165) is 20.8 Å². The molecule has 0 spiro atoms. The van der Waals surface area contributed by atoms with Crippen molar-refractivity contribution in [2.75, 3.05) is 46.2 Å². The Bertz CT molecular complexity index is 2410. The fraction of sp³-hybridized carbons (Fsp3) is 0.922. The second-order valence-electron chi connectivity index (χ2n) is 23.3. The van der Waals surface area contributed by atoms with E-state index in [4.69, 9.17) is 61.6 Å². The Balaban J connectivity index is 1.16. The lowest BCUT2D eigenvalue weighted by Crippen LogP contribution is -2.70. The maximum absolute atomic E-state index is 13.1. The number of carbonyl (C=O) groups is 4. The van der Waals surface area contributed by atoms with E-state index in [2.05, 4.69) is 16.0 Å². The van der Waals surface area contributed by atoms with Crippen molar-refractivity contribution in [2.45, 2.75) is 248 Å². The second kappa shape index (κ2) is 32.9. The summed E-state index contributed by atoms with van der Waals surface area (Å²) >= 11 is 0. The predicted molar refractivity (Wildman–Crippen MR) is 284 cm³/mol. The molecule has 7 heterocycles. The fourth-order valence-corrected chi connectivity index (χ4v) is 11.7. The van der Waals surface area contributed by atoms with Crippen LogP contribution in [0.25, 0.3) is 0 Å².